The predicted molar refractivity (Wildman–Crippen MR) is 269 cm³/mol. The lowest BCUT2D eigenvalue weighted by Gasteiger charge is -2.42. The zero-order chi connectivity index (χ0) is 42.9. The van der Waals surface area contributed by atoms with E-state index in [2.05, 4.69) is 253 Å². The molecule has 0 atom stereocenters. The van der Waals surface area contributed by atoms with Gasteiger partial charge in [0.15, 0.2) is 0 Å². The van der Waals surface area contributed by atoms with Crippen LogP contribution >= 0.6 is 0 Å². The van der Waals surface area contributed by atoms with Gasteiger partial charge in [-0.2, -0.15) is 0 Å². The molecule has 0 bridgehead atoms. The number of fused-ring (bicyclic) bond motifs is 11. The zero-order valence-corrected chi connectivity index (χ0v) is 36.4. The second-order valence-corrected chi connectivity index (χ2v) is 18.6. The maximum Gasteiger partial charge on any atom is 0.0641 e. The summed E-state index contributed by atoms with van der Waals surface area (Å²) in [4.78, 5) is 4.92. The van der Waals surface area contributed by atoms with E-state index < -0.39 is 0 Å². The highest BCUT2D eigenvalue weighted by atomic mass is 15.2. The number of rotatable bonds is 4. The molecule has 4 heteroatoms. The zero-order valence-electron chi connectivity index (χ0n) is 36.4. The summed E-state index contributed by atoms with van der Waals surface area (Å²) in [5.74, 6) is 0. The van der Waals surface area contributed by atoms with Gasteiger partial charge in [0.25, 0.3) is 0 Å². The van der Waals surface area contributed by atoms with Gasteiger partial charge in [0.1, 0.15) is 0 Å². The fourth-order valence-corrected chi connectivity index (χ4v) is 11.5. The van der Waals surface area contributed by atoms with E-state index in [4.69, 9.17) is 0 Å². The molecule has 9 aromatic carbocycles. The highest BCUT2D eigenvalue weighted by Crippen LogP contribution is 2.54. The maximum absolute atomic E-state index is 2.51. The van der Waals surface area contributed by atoms with Crippen LogP contribution in [-0.4, -0.2) is 9.13 Å². The standard InChI is InChI=1S/C60H46N4/c1-59(2)46-25-7-13-31-52(46)62(53-32-14-8-26-47(53)59)40-20-17-19-39(37-40)61-51-30-12-6-24-45(51)57-56(61)36-35-44-43-23-5-11-29-50(43)64(58(44)57)42-22-18-21-41(38-42)63-54-33-15-9-27-48(54)60(3,4)49-28-10-16-34-55(49)63/h5-38H,1-4H3. The molecule has 0 spiro atoms. The molecule has 0 radical (unpaired) electrons. The van der Waals surface area contributed by atoms with Crippen molar-refractivity contribution in [2.45, 2.75) is 38.5 Å². The lowest BCUT2D eigenvalue weighted by Crippen LogP contribution is -2.30. The molecule has 0 amide bonds. The average molecular weight is 823 g/mol. The molecule has 306 valence electrons. The molecule has 0 unspecified atom stereocenters. The van der Waals surface area contributed by atoms with Crippen molar-refractivity contribution in [3.05, 3.63) is 229 Å². The summed E-state index contributed by atoms with van der Waals surface area (Å²) in [6, 6.07) is 76.4. The van der Waals surface area contributed by atoms with E-state index in [1.165, 1.54) is 88.6 Å². The molecule has 13 rings (SSSR count). The van der Waals surface area contributed by atoms with Crippen LogP contribution in [0.5, 0.6) is 0 Å². The molecule has 2 aliphatic heterocycles. The minimum absolute atomic E-state index is 0.128. The van der Waals surface area contributed by atoms with E-state index in [-0.39, 0.29) is 10.8 Å². The Labute approximate surface area is 373 Å². The molecule has 2 aliphatic rings. The van der Waals surface area contributed by atoms with E-state index in [1.54, 1.807) is 0 Å². The van der Waals surface area contributed by atoms with Crippen molar-refractivity contribution in [1.29, 1.82) is 0 Å². The van der Waals surface area contributed by atoms with Crippen LogP contribution in [0.25, 0.3) is 55.0 Å². The molecule has 2 aromatic heterocycles. The van der Waals surface area contributed by atoms with Crippen LogP contribution in [0.1, 0.15) is 49.9 Å². The van der Waals surface area contributed by atoms with Crippen molar-refractivity contribution in [1.82, 2.24) is 9.13 Å². The molecular weight excluding hydrogens is 777 g/mol. The van der Waals surface area contributed by atoms with Gasteiger partial charge >= 0.3 is 0 Å². The predicted octanol–water partition coefficient (Wildman–Crippen LogP) is 16.1. The largest absolute Gasteiger partial charge is 0.310 e. The van der Waals surface area contributed by atoms with Gasteiger partial charge in [-0.15, -0.1) is 0 Å². The first-order valence-electron chi connectivity index (χ1n) is 22.5. The highest BCUT2D eigenvalue weighted by molar-refractivity contribution is 6.26. The Morgan fingerprint density at radius 2 is 0.688 bits per heavy atom. The molecule has 0 fully saturated rings. The normalized spacial score (nSPS) is 14.8. The third-order valence-corrected chi connectivity index (χ3v) is 14.4. The molecule has 4 nitrogen and oxygen atoms in total. The number of benzene rings is 9. The number of hydrogen-bond acceptors (Lipinski definition) is 2. The van der Waals surface area contributed by atoms with Crippen LogP contribution < -0.4 is 9.80 Å². The molecule has 0 N–H and O–H groups in total. The van der Waals surface area contributed by atoms with Crippen molar-refractivity contribution >= 4 is 77.7 Å². The van der Waals surface area contributed by atoms with Crippen molar-refractivity contribution in [3.63, 3.8) is 0 Å². The maximum atomic E-state index is 2.51. The molecule has 64 heavy (non-hydrogen) atoms. The molecule has 0 saturated heterocycles. The first-order chi connectivity index (χ1) is 31.3. The topological polar surface area (TPSA) is 16.3 Å². The first kappa shape index (κ1) is 36.8. The summed E-state index contributed by atoms with van der Waals surface area (Å²) in [7, 11) is 0. The number of para-hydroxylation sites is 6. The molecule has 11 aromatic rings. The molecule has 0 aliphatic carbocycles. The summed E-state index contributed by atoms with van der Waals surface area (Å²) >= 11 is 0. The smallest absolute Gasteiger partial charge is 0.0641 e. The number of anilines is 6. The van der Waals surface area contributed by atoms with Crippen LogP contribution in [0.3, 0.4) is 0 Å². The first-order valence-corrected chi connectivity index (χ1v) is 22.5. The minimum Gasteiger partial charge on any atom is -0.310 e. The summed E-state index contributed by atoms with van der Waals surface area (Å²) in [6.07, 6.45) is 0. The fourth-order valence-electron chi connectivity index (χ4n) is 11.5. The van der Waals surface area contributed by atoms with E-state index >= 15 is 0 Å². The van der Waals surface area contributed by atoms with Gasteiger partial charge in [-0.3, -0.25) is 0 Å². The Kier molecular flexibility index (Phi) is 7.67. The van der Waals surface area contributed by atoms with E-state index in [0.29, 0.717) is 0 Å². The van der Waals surface area contributed by atoms with Gasteiger partial charge in [0, 0.05) is 55.1 Å². The molecule has 0 saturated carbocycles. The van der Waals surface area contributed by atoms with Crippen LogP contribution in [0.15, 0.2) is 206 Å². The Bertz CT molecular complexity index is 3610. The molecule has 4 heterocycles. The van der Waals surface area contributed by atoms with Crippen molar-refractivity contribution in [3.8, 4) is 11.4 Å². The summed E-state index contributed by atoms with van der Waals surface area (Å²) in [5, 5.41) is 4.95. The Balaban J connectivity index is 1.04. The fraction of sp³-hybridized carbons (Fsp3) is 0.100. The monoisotopic (exact) mass is 822 g/mol. The van der Waals surface area contributed by atoms with Gasteiger partial charge in [0.05, 0.1) is 44.8 Å². The van der Waals surface area contributed by atoms with Crippen molar-refractivity contribution < 1.29 is 0 Å². The second kappa shape index (κ2) is 13.3. The summed E-state index contributed by atoms with van der Waals surface area (Å²) in [6.45, 7) is 9.39. The number of nitrogens with zero attached hydrogens (tertiary/aromatic N) is 4. The second-order valence-electron chi connectivity index (χ2n) is 18.6. The van der Waals surface area contributed by atoms with Crippen molar-refractivity contribution in [2.75, 3.05) is 9.80 Å². The third kappa shape index (κ3) is 4.99. The van der Waals surface area contributed by atoms with E-state index in [9.17, 15) is 0 Å². The van der Waals surface area contributed by atoms with Crippen LogP contribution in [0.2, 0.25) is 0 Å². The quantitative estimate of drug-likeness (QED) is 0.176. The van der Waals surface area contributed by atoms with Crippen LogP contribution in [-0.2, 0) is 10.8 Å². The van der Waals surface area contributed by atoms with Gasteiger partial charge in [-0.05, 0) is 101 Å². The lowest BCUT2D eigenvalue weighted by atomic mass is 9.73. The minimum atomic E-state index is -0.132. The number of aromatic nitrogens is 2. The van der Waals surface area contributed by atoms with Crippen LogP contribution in [0.4, 0.5) is 34.1 Å². The number of hydrogen-bond donors (Lipinski definition) is 0. The third-order valence-electron chi connectivity index (χ3n) is 14.4. The summed E-state index contributed by atoms with van der Waals surface area (Å²) in [5.41, 5.74) is 19.2. The lowest BCUT2D eigenvalue weighted by molar-refractivity contribution is 0.631. The van der Waals surface area contributed by atoms with Gasteiger partial charge < -0.3 is 18.9 Å². The van der Waals surface area contributed by atoms with Gasteiger partial charge in [0.2, 0.25) is 0 Å². The van der Waals surface area contributed by atoms with Crippen LogP contribution in [0, 0.1) is 0 Å². The average Bonchev–Trinajstić information content (AvgIpc) is 3.85. The van der Waals surface area contributed by atoms with E-state index in [0.717, 1.165) is 22.7 Å². The Hall–Kier alpha value is -7.82. The Morgan fingerprint density at radius 1 is 0.297 bits per heavy atom. The summed E-state index contributed by atoms with van der Waals surface area (Å²) < 4.78 is 4.99. The van der Waals surface area contributed by atoms with E-state index in [1.807, 2.05) is 0 Å². The Morgan fingerprint density at radius 3 is 1.19 bits per heavy atom. The van der Waals surface area contributed by atoms with Crippen molar-refractivity contribution in [2.24, 2.45) is 0 Å². The van der Waals surface area contributed by atoms with Gasteiger partial charge in [-0.25, -0.2) is 0 Å². The van der Waals surface area contributed by atoms with Gasteiger partial charge in [-0.1, -0.05) is 155 Å². The SMILES string of the molecule is CC1(C)c2ccccc2N(c2cccc(-n3c4ccccc4c4c3ccc3c5ccccc5n(-c5cccc(N6c7ccccc7C(C)(C)c7ccccc76)c5)c34)c2)c2ccccc21. The highest BCUT2D eigenvalue weighted by Gasteiger charge is 2.38. The molecular formula is C60H46N4.